The van der Waals surface area contributed by atoms with Crippen molar-refractivity contribution < 1.29 is 22.7 Å². The fraction of sp³-hybridized carbons (Fsp3) is 0.846. The van der Waals surface area contributed by atoms with Crippen molar-refractivity contribution in [2.24, 2.45) is 5.92 Å². The van der Waals surface area contributed by atoms with Crippen LogP contribution in [0.2, 0.25) is 0 Å². The summed E-state index contributed by atoms with van der Waals surface area (Å²) in [5.74, 6) is -0.715. The zero-order chi connectivity index (χ0) is 14.6. The lowest BCUT2D eigenvalue weighted by Crippen LogP contribution is -2.38. The van der Waals surface area contributed by atoms with E-state index in [-0.39, 0.29) is 36.0 Å². The molecule has 0 bridgehead atoms. The number of amides is 1. The molecule has 1 unspecified atom stereocenters. The third-order valence-corrected chi connectivity index (χ3v) is 5.65. The minimum absolute atomic E-state index is 0.0185. The molecule has 6 nitrogen and oxygen atoms in total. The van der Waals surface area contributed by atoms with Gasteiger partial charge in [-0.05, 0) is 19.3 Å². The first-order chi connectivity index (χ1) is 9.46. The molecule has 2 rings (SSSR count). The van der Waals surface area contributed by atoms with Gasteiger partial charge in [-0.2, -0.15) is 0 Å². The van der Waals surface area contributed by atoms with Crippen molar-refractivity contribution >= 4 is 21.7 Å². The van der Waals surface area contributed by atoms with Gasteiger partial charge >= 0.3 is 5.97 Å². The van der Waals surface area contributed by atoms with Gasteiger partial charge in [0.25, 0.3) is 5.91 Å². The van der Waals surface area contributed by atoms with Crippen LogP contribution in [0.3, 0.4) is 0 Å². The third kappa shape index (κ3) is 4.47. The number of carbonyl (C=O) groups is 2. The van der Waals surface area contributed by atoms with E-state index in [1.807, 2.05) is 0 Å². The van der Waals surface area contributed by atoms with E-state index < -0.39 is 15.7 Å². The topological polar surface area (TPSA) is 89.5 Å². The molecule has 0 radical (unpaired) electrons. The van der Waals surface area contributed by atoms with E-state index >= 15 is 0 Å². The minimum Gasteiger partial charge on any atom is -0.455 e. The molecule has 1 atom stereocenters. The normalized spacial score (nSPS) is 26.1. The Morgan fingerprint density at radius 2 is 1.80 bits per heavy atom. The number of carbonyl (C=O) groups excluding carboxylic acids is 2. The molecule has 0 aromatic rings. The summed E-state index contributed by atoms with van der Waals surface area (Å²) in [6, 6.07) is -0.346. The Labute approximate surface area is 119 Å². The van der Waals surface area contributed by atoms with Crippen LogP contribution in [0, 0.1) is 5.92 Å². The maximum absolute atomic E-state index is 11.7. The molecule has 1 aliphatic heterocycles. The molecule has 20 heavy (non-hydrogen) atoms. The van der Waals surface area contributed by atoms with Gasteiger partial charge in [-0.15, -0.1) is 0 Å². The predicted molar refractivity (Wildman–Crippen MR) is 72.7 cm³/mol. The summed E-state index contributed by atoms with van der Waals surface area (Å²) in [4.78, 5) is 23.4. The van der Waals surface area contributed by atoms with Gasteiger partial charge in [0.15, 0.2) is 16.4 Å². The number of hydrogen-bond donors (Lipinski definition) is 1. The van der Waals surface area contributed by atoms with E-state index in [0.717, 1.165) is 32.1 Å². The number of esters is 1. The summed E-state index contributed by atoms with van der Waals surface area (Å²) >= 11 is 0. The molecule has 1 N–H and O–H groups in total. The highest BCUT2D eigenvalue weighted by molar-refractivity contribution is 7.91. The standard InChI is InChI=1S/C13H21NO5S/c15-12(14-11-6-7-20(17,18)9-11)8-19-13(16)10-4-2-1-3-5-10/h10-11H,1-9H2,(H,14,15). The van der Waals surface area contributed by atoms with Crippen LogP contribution in [0.15, 0.2) is 0 Å². The summed E-state index contributed by atoms with van der Waals surface area (Å²) in [7, 11) is -3.01. The van der Waals surface area contributed by atoms with Crippen molar-refractivity contribution in [2.75, 3.05) is 18.1 Å². The second-order valence-electron chi connectivity index (χ2n) is 5.61. The molecular formula is C13H21NO5S. The van der Waals surface area contributed by atoms with Crippen molar-refractivity contribution in [3.05, 3.63) is 0 Å². The lowest BCUT2D eigenvalue weighted by molar-refractivity contribution is -0.153. The number of sulfone groups is 1. The zero-order valence-corrected chi connectivity index (χ0v) is 12.3. The van der Waals surface area contributed by atoms with Gasteiger partial charge in [0.05, 0.1) is 17.4 Å². The van der Waals surface area contributed by atoms with Crippen molar-refractivity contribution in [3.63, 3.8) is 0 Å². The fourth-order valence-electron chi connectivity index (χ4n) is 2.77. The molecule has 0 aromatic heterocycles. The number of rotatable bonds is 4. The second kappa shape index (κ2) is 6.56. The van der Waals surface area contributed by atoms with Crippen molar-refractivity contribution in [3.8, 4) is 0 Å². The first-order valence-electron chi connectivity index (χ1n) is 7.13. The molecule has 7 heteroatoms. The average Bonchev–Trinajstić information content (AvgIpc) is 2.76. The van der Waals surface area contributed by atoms with E-state index in [0.29, 0.717) is 6.42 Å². The fourth-order valence-corrected chi connectivity index (χ4v) is 4.44. The quantitative estimate of drug-likeness (QED) is 0.760. The van der Waals surface area contributed by atoms with Gasteiger partial charge in [0.2, 0.25) is 0 Å². The molecular weight excluding hydrogens is 282 g/mol. The van der Waals surface area contributed by atoms with Gasteiger partial charge in [-0.25, -0.2) is 8.42 Å². The van der Waals surface area contributed by atoms with Crippen LogP contribution in [-0.2, 0) is 24.2 Å². The lowest BCUT2D eigenvalue weighted by atomic mass is 9.89. The van der Waals surface area contributed by atoms with Gasteiger partial charge in [-0.3, -0.25) is 9.59 Å². The van der Waals surface area contributed by atoms with Crippen LogP contribution in [0.1, 0.15) is 38.5 Å². The molecule has 1 saturated carbocycles. The van der Waals surface area contributed by atoms with Gasteiger partial charge in [0.1, 0.15) is 0 Å². The lowest BCUT2D eigenvalue weighted by Gasteiger charge is -2.20. The van der Waals surface area contributed by atoms with Gasteiger partial charge in [-0.1, -0.05) is 19.3 Å². The molecule has 1 amide bonds. The minimum atomic E-state index is -3.01. The first kappa shape index (κ1) is 15.3. The van der Waals surface area contributed by atoms with Crippen LogP contribution in [0.4, 0.5) is 0 Å². The zero-order valence-electron chi connectivity index (χ0n) is 11.5. The molecule has 2 fully saturated rings. The van der Waals surface area contributed by atoms with Crippen LogP contribution in [0.25, 0.3) is 0 Å². The van der Waals surface area contributed by atoms with E-state index in [4.69, 9.17) is 4.74 Å². The second-order valence-corrected chi connectivity index (χ2v) is 7.84. The highest BCUT2D eigenvalue weighted by atomic mass is 32.2. The first-order valence-corrected chi connectivity index (χ1v) is 8.95. The van der Waals surface area contributed by atoms with Crippen LogP contribution in [-0.4, -0.2) is 44.4 Å². The molecule has 1 aliphatic carbocycles. The molecule has 114 valence electrons. The predicted octanol–water partition coefficient (Wildman–Crippen LogP) is 0.413. The van der Waals surface area contributed by atoms with Crippen molar-refractivity contribution in [1.82, 2.24) is 5.32 Å². The summed E-state index contributed by atoms with van der Waals surface area (Å²) < 4.78 is 27.5. The Bertz CT molecular complexity index is 467. The molecule has 1 saturated heterocycles. The summed E-state index contributed by atoms with van der Waals surface area (Å²) in [5, 5.41) is 2.60. The molecule has 2 aliphatic rings. The van der Waals surface area contributed by atoms with E-state index in [2.05, 4.69) is 5.32 Å². The van der Waals surface area contributed by atoms with Crippen LogP contribution >= 0.6 is 0 Å². The highest BCUT2D eigenvalue weighted by Crippen LogP contribution is 2.24. The van der Waals surface area contributed by atoms with E-state index in [9.17, 15) is 18.0 Å². The maximum atomic E-state index is 11.7. The summed E-state index contributed by atoms with van der Waals surface area (Å²) in [5.41, 5.74) is 0. The van der Waals surface area contributed by atoms with Crippen LogP contribution < -0.4 is 5.32 Å². The van der Waals surface area contributed by atoms with Gasteiger partial charge < -0.3 is 10.1 Å². The molecule has 0 spiro atoms. The van der Waals surface area contributed by atoms with Crippen molar-refractivity contribution in [1.29, 1.82) is 0 Å². The maximum Gasteiger partial charge on any atom is 0.309 e. The van der Waals surface area contributed by atoms with Crippen LogP contribution in [0.5, 0.6) is 0 Å². The van der Waals surface area contributed by atoms with Gasteiger partial charge in [0, 0.05) is 6.04 Å². The Kier molecular flexibility index (Phi) is 5.01. The highest BCUT2D eigenvalue weighted by Gasteiger charge is 2.29. The molecule has 1 heterocycles. The Balaban J connectivity index is 1.68. The number of ether oxygens (including phenoxy) is 1. The smallest absolute Gasteiger partial charge is 0.309 e. The van der Waals surface area contributed by atoms with E-state index in [1.54, 1.807) is 0 Å². The molecule has 0 aromatic carbocycles. The monoisotopic (exact) mass is 303 g/mol. The summed E-state index contributed by atoms with van der Waals surface area (Å²) in [6.07, 6.45) is 5.32. The Morgan fingerprint density at radius 1 is 1.10 bits per heavy atom. The summed E-state index contributed by atoms with van der Waals surface area (Å²) in [6.45, 7) is -0.314. The average molecular weight is 303 g/mol. The number of nitrogens with one attached hydrogen (secondary N) is 1. The third-order valence-electron chi connectivity index (χ3n) is 3.88. The Hall–Kier alpha value is -1.11. The number of hydrogen-bond acceptors (Lipinski definition) is 5. The van der Waals surface area contributed by atoms with E-state index in [1.165, 1.54) is 0 Å². The SMILES string of the molecule is O=C(COC(=O)C1CCCCC1)NC1CCS(=O)(=O)C1. The van der Waals surface area contributed by atoms with Crippen molar-refractivity contribution in [2.45, 2.75) is 44.6 Å². The largest absolute Gasteiger partial charge is 0.455 e. The Morgan fingerprint density at radius 3 is 2.40 bits per heavy atom.